The van der Waals surface area contributed by atoms with Crippen LogP contribution in [-0.4, -0.2) is 6.47 Å². The zero-order valence-electron chi connectivity index (χ0n) is 4.70. The summed E-state index contributed by atoms with van der Waals surface area (Å²) in [5.41, 5.74) is 0. The number of carbonyl (C=O) groups excluding carboxylic acids is 1. The molecule has 0 N–H and O–H groups in total. The molecule has 0 aliphatic carbocycles. The average Bonchev–Trinajstić information content (AvgIpc) is 1.91. The third-order valence-electron chi connectivity index (χ3n) is 0.856. The predicted octanol–water partition coefficient (Wildman–Crippen LogP) is 1.02. The number of hydrogen-bond acceptors (Lipinski definition) is 2. The van der Waals surface area contributed by atoms with Gasteiger partial charge in [-0.05, 0) is 6.07 Å². The van der Waals surface area contributed by atoms with Crippen molar-refractivity contribution in [2.45, 2.75) is 0 Å². The minimum Gasteiger partial charge on any atom is -0.428 e. The second kappa shape index (κ2) is 2.87. The van der Waals surface area contributed by atoms with Crippen molar-refractivity contribution in [2.24, 2.45) is 0 Å². The standard InChI is InChI=1S/C7H5O2/c8-6-9-7-4-2-1-3-5-7/h1-4,6H. The fraction of sp³-hybridized carbons (Fsp3) is 0. The molecule has 2 nitrogen and oxygen atoms in total. The molecular formula is C7H5O2. The summed E-state index contributed by atoms with van der Waals surface area (Å²) in [4.78, 5) is 9.73. The van der Waals surface area contributed by atoms with Crippen LogP contribution in [-0.2, 0) is 4.79 Å². The van der Waals surface area contributed by atoms with E-state index in [0.29, 0.717) is 12.2 Å². The lowest BCUT2D eigenvalue weighted by molar-refractivity contribution is -0.120. The van der Waals surface area contributed by atoms with Crippen LogP contribution in [0.2, 0.25) is 0 Å². The molecule has 0 aromatic heterocycles. The molecule has 0 bridgehead atoms. The van der Waals surface area contributed by atoms with E-state index in [4.69, 9.17) is 0 Å². The third kappa shape index (κ3) is 1.57. The van der Waals surface area contributed by atoms with E-state index >= 15 is 0 Å². The Hall–Kier alpha value is -1.31. The molecule has 0 saturated heterocycles. The van der Waals surface area contributed by atoms with Crippen molar-refractivity contribution < 1.29 is 9.53 Å². The van der Waals surface area contributed by atoms with E-state index < -0.39 is 0 Å². The Labute approximate surface area is 53.1 Å². The van der Waals surface area contributed by atoms with Gasteiger partial charge >= 0.3 is 0 Å². The fourth-order valence-electron chi connectivity index (χ4n) is 0.502. The van der Waals surface area contributed by atoms with E-state index in [0.717, 1.165) is 0 Å². The van der Waals surface area contributed by atoms with Gasteiger partial charge in [-0.2, -0.15) is 0 Å². The van der Waals surface area contributed by atoms with E-state index in [9.17, 15) is 4.79 Å². The number of benzene rings is 1. The van der Waals surface area contributed by atoms with Gasteiger partial charge in [0.25, 0.3) is 6.47 Å². The molecule has 0 unspecified atom stereocenters. The largest absolute Gasteiger partial charge is 0.428 e. The first-order chi connectivity index (χ1) is 4.43. The Bertz CT molecular complexity index is 181. The topological polar surface area (TPSA) is 26.3 Å². The molecule has 1 aromatic carbocycles. The lowest BCUT2D eigenvalue weighted by atomic mass is 10.3. The molecule has 0 aliphatic heterocycles. The fourth-order valence-corrected chi connectivity index (χ4v) is 0.502. The molecule has 0 spiro atoms. The van der Waals surface area contributed by atoms with E-state index in [2.05, 4.69) is 10.8 Å². The third-order valence-corrected chi connectivity index (χ3v) is 0.856. The van der Waals surface area contributed by atoms with Gasteiger partial charge in [0.2, 0.25) is 0 Å². The highest BCUT2D eigenvalue weighted by molar-refractivity contribution is 5.44. The Morgan fingerprint density at radius 1 is 1.56 bits per heavy atom. The molecule has 1 aromatic rings. The number of carbonyl (C=O) groups is 1. The van der Waals surface area contributed by atoms with Crippen LogP contribution in [0, 0.1) is 6.07 Å². The molecular weight excluding hydrogens is 116 g/mol. The van der Waals surface area contributed by atoms with E-state index in [1.807, 2.05) is 0 Å². The Morgan fingerprint density at radius 2 is 2.44 bits per heavy atom. The first-order valence-electron chi connectivity index (χ1n) is 2.50. The van der Waals surface area contributed by atoms with E-state index in [1.165, 1.54) is 0 Å². The summed E-state index contributed by atoms with van der Waals surface area (Å²) in [7, 11) is 0. The quantitative estimate of drug-likeness (QED) is 0.546. The maximum atomic E-state index is 9.73. The molecule has 9 heavy (non-hydrogen) atoms. The van der Waals surface area contributed by atoms with Crippen molar-refractivity contribution in [1.29, 1.82) is 0 Å². The summed E-state index contributed by atoms with van der Waals surface area (Å²) in [5.74, 6) is 0.451. The monoisotopic (exact) mass is 121 g/mol. The predicted molar refractivity (Wildman–Crippen MR) is 32.0 cm³/mol. The molecule has 45 valence electrons. The molecule has 1 radical (unpaired) electrons. The SMILES string of the molecule is O=COc1[c]cccc1. The molecule has 0 fully saturated rings. The number of ether oxygens (including phenoxy) is 1. The number of rotatable bonds is 2. The molecule has 0 amide bonds. The normalized spacial score (nSPS) is 8.44. The smallest absolute Gasteiger partial charge is 0.298 e. The van der Waals surface area contributed by atoms with Crippen molar-refractivity contribution in [3.8, 4) is 5.75 Å². The Kier molecular flexibility index (Phi) is 1.85. The highest BCUT2D eigenvalue weighted by Gasteiger charge is 1.85. The van der Waals surface area contributed by atoms with Crippen molar-refractivity contribution >= 4 is 6.47 Å². The van der Waals surface area contributed by atoms with Gasteiger partial charge in [0.1, 0.15) is 5.75 Å². The van der Waals surface area contributed by atoms with E-state index in [-0.39, 0.29) is 0 Å². The van der Waals surface area contributed by atoms with Gasteiger partial charge in [0.15, 0.2) is 0 Å². The second-order valence-electron chi connectivity index (χ2n) is 1.44. The van der Waals surface area contributed by atoms with Crippen molar-refractivity contribution in [2.75, 3.05) is 0 Å². The van der Waals surface area contributed by atoms with Crippen LogP contribution >= 0.6 is 0 Å². The first kappa shape index (κ1) is 5.82. The van der Waals surface area contributed by atoms with Gasteiger partial charge in [-0.3, -0.25) is 4.79 Å². The summed E-state index contributed by atoms with van der Waals surface area (Å²) in [6, 6.07) is 9.63. The average molecular weight is 121 g/mol. The summed E-state index contributed by atoms with van der Waals surface area (Å²) in [5, 5.41) is 0. The zero-order valence-corrected chi connectivity index (χ0v) is 4.70. The van der Waals surface area contributed by atoms with Gasteiger partial charge in [0.05, 0.1) is 0 Å². The van der Waals surface area contributed by atoms with Gasteiger partial charge in [-0.25, -0.2) is 0 Å². The summed E-state index contributed by atoms with van der Waals surface area (Å²) in [6.45, 7) is 0.381. The Balaban J connectivity index is 2.72. The van der Waals surface area contributed by atoms with Crippen molar-refractivity contribution in [3.63, 3.8) is 0 Å². The minimum absolute atomic E-state index is 0.381. The van der Waals surface area contributed by atoms with E-state index in [1.54, 1.807) is 24.3 Å². The Morgan fingerprint density at radius 3 is 3.00 bits per heavy atom. The van der Waals surface area contributed by atoms with Crippen LogP contribution in [0.4, 0.5) is 0 Å². The van der Waals surface area contributed by atoms with Gasteiger partial charge in [-0.1, -0.05) is 18.2 Å². The lowest BCUT2D eigenvalue weighted by Gasteiger charge is -1.91. The molecule has 0 aliphatic rings. The molecule has 0 saturated carbocycles. The van der Waals surface area contributed by atoms with Gasteiger partial charge < -0.3 is 4.74 Å². The summed E-state index contributed by atoms with van der Waals surface area (Å²) < 4.78 is 4.47. The van der Waals surface area contributed by atoms with Gasteiger partial charge in [0, 0.05) is 6.07 Å². The van der Waals surface area contributed by atoms with Crippen LogP contribution in [0.5, 0.6) is 5.75 Å². The highest BCUT2D eigenvalue weighted by atomic mass is 16.5. The highest BCUT2D eigenvalue weighted by Crippen LogP contribution is 2.04. The zero-order chi connectivity index (χ0) is 6.53. The lowest BCUT2D eigenvalue weighted by Crippen LogP contribution is -1.86. The van der Waals surface area contributed by atoms with Crippen molar-refractivity contribution in [3.05, 3.63) is 30.3 Å². The van der Waals surface area contributed by atoms with Crippen LogP contribution in [0.25, 0.3) is 0 Å². The summed E-state index contributed by atoms with van der Waals surface area (Å²) in [6.07, 6.45) is 0. The molecule has 2 heteroatoms. The number of hydrogen-bond donors (Lipinski definition) is 0. The van der Waals surface area contributed by atoms with Gasteiger partial charge in [-0.15, -0.1) is 0 Å². The molecule has 1 rings (SSSR count). The molecule has 0 heterocycles. The first-order valence-corrected chi connectivity index (χ1v) is 2.50. The van der Waals surface area contributed by atoms with Crippen LogP contribution in [0.1, 0.15) is 0 Å². The molecule has 0 atom stereocenters. The van der Waals surface area contributed by atoms with Crippen molar-refractivity contribution in [1.82, 2.24) is 0 Å². The van der Waals surface area contributed by atoms with Crippen LogP contribution in [0.15, 0.2) is 24.3 Å². The van der Waals surface area contributed by atoms with Crippen LogP contribution < -0.4 is 4.74 Å². The summed E-state index contributed by atoms with van der Waals surface area (Å²) >= 11 is 0. The maximum Gasteiger partial charge on any atom is 0.298 e. The maximum absolute atomic E-state index is 9.73. The minimum atomic E-state index is 0.381. The second-order valence-corrected chi connectivity index (χ2v) is 1.44. The number of para-hydroxylation sites is 1. The van der Waals surface area contributed by atoms with Crippen LogP contribution in [0.3, 0.4) is 0 Å².